The fraction of sp³-hybridized carbons (Fsp3) is 0.385. The second kappa shape index (κ2) is 4.89. The smallest absolute Gasteiger partial charge is 0.322 e. The van der Waals surface area contributed by atoms with Gasteiger partial charge in [-0.3, -0.25) is 9.69 Å². The molecule has 0 aliphatic carbocycles. The lowest BCUT2D eigenvalue weighted by atomic mass is 10.2. The van der Waals surface area contributed by atoms with E-state index in [1.165, 1.54) is 4.90 Å². The van der Waals surface area contributed by atoms with Crippen LogP contribution in [0.5, 0.6) is 0 Å². The molecule has 0 aromatic heterocycles. The molecule has 2 N–H and O–H groups in total. The molecule has 2 aliphatic heterocycles. The maximum absolute atomic E-state index is 12.2. The molecule has 1 aromatic rings. The Morgan fingerprint density at radius 3 is 3.05 bits per heavy atom. The average molecular weight is 261 g/mol. The summed E-state index contributed by atoms with van der Waals surface area (Å²) in [6.07, 6.45) is 0.813. The van der Waals surface area contributed by atoms with E-state index in [4.69, 9.17) is 4.74 Å². The molecular weight excluding hydrogens is 246 g/mol. The van der Waals surface area contributed by atoms with E-state index in [0.29, 0.717) is 18.9 Å². The molecule has 6 nitrogen and oxygen atoms in total. The monoisotopic (exact) mass is 261 g/mol. The van der Waals surface area contributed by atoms with Crippen LogP contribution < -0.4 is 15.5 Å². The highest BCUT2D eigenvalue weighted by Crippen LogP contribution is 2.28. The van der Waals surface area contributed by atoms with Gasteiger partial charge in [0.15, 0.2) is 0 Å². The van der Waals surface area contributed by atoms with Crippen molar-refractivity contribution in [2.45, 2.75) is 12.5 Å². The number of benzene rings is 1. The third-order valence-corrected chi connectivity index (χ3v) is 3.27. The quantitative estimate of drug-likeness (QED) is 0.790. The molecule has 1 fully saturated rings. The first-order valence-electron chi connectivity index (χ1n) is 6.29. The predicted octanol–water partition coefficient (Wildman–Crippen LogP) is 0.944. The number of ether oxygens (including phenoxy) is 1. The largest absolute Gasteiger partial charge is 0.379 e. The van der Waals surface area contributed by atoms with Crippen LogP contribution in [0, 0.1) is 0 Å². The van der Waals surface area contributed by atoms with Gasteiger partial charge in [0.25, 0.3) is 0 Å². The van der Waals surface area contributed by atoms with Crippen molar-refractivity contribution < 1.29 is 14.3 Å². The summed E-state index contributed by atoms with van der Waals surface area (Å²) >= 11 is 0. The van der Waals surface area contributed by atoms with Crippen LogP contribution in [0.2, 0.25) is 0 Å². The number of rotatable bonds is 1. The number of fused-ring (bicyclic) bond motifs is 1. The third-order valence-electron chi connectivity index (χ3n) is 3.27. The molecule has 0 saturated carbocycles. The zero-order valence-corrected chi connectivity index (χ0v) is 10.4. The number of nitrogens with one attached hydrogen (secondary N) is 2. The Hall–Kier alpha value is -2.08. The van der Waals surface area contributed by atoms with E-state index in [-0.39, 0.29) is 24.5 Å². The Morgan fingerprint density at radius 1 is 1.42 bits per heavy atom. The number of nitrogens with zero attached hydrogens (tertiary/aromatic N) is 1. The molecule has 3 rings (SSSR count). The number of para-hydroxylation sites is 2. The fourth-order valence-electron chi connectivity index (χ4n) is 2.32. The van der Waals surface area contributed by atoms with Crippen molar-refractivity contribution in [1.29, 1.82) is 0 Å². The van der Waals surface area contributed by atoms with Gasteiger partial charge in [0.2, 0.25) is 5.91 Å². The summed E-state index contributed by atoms with van der Waals surface area (Å²) in [5.41, 5.74) is 1.38. The van der Waals surface area contributed by atoms with Crippen LogP contribution >= 0.6 is 0 Å². The number of urea groups is 1. The van der Waals surface area contributed by atoms with E-state index in [2.05, 4.69) is 10.6 Å². The highest BCUT2D eigenvalue weighted by molar-refractivity contribution is 6.09. The zero-order chi connectivity index (χ0) is 13.2. The summed E-state index contributed by atoms with van der Waals surface area (Å²) in [7, 11) is 0. The fourth-order valence-corrected chi connectivity index (χ4v) is 2.32. The summed E-state index contributed by atoms with van der Waals surface area (Å²) < 4.78 is 5.22. The van der Waals surface area contributed by atoms with Crippen molar-refractivity contribution in [1.82, 2.24) is 5.32 Å². The van der Waals surface area contributed by atoms with Gasteiger partial charge in [0.1, 0.15) is 6.54 Å². The van der Waals surface area contributed by atoms with Gasteiger partial charge in [0, 0.05) is 6.61 Å². The molecule has 1 unspecified atom stereocenters. The normalized spacial score (nSPS) is 21.8. The number of amides is 3. The molecule has 3 amide bonds. The molecular formula is C13H15N3O3. The van der Waals surface area contributed by atoms with Crippen LogP contribution in [0.3, 0.4) is 0 Å². The molecule has 0 spiro atoms. The van der Waals surface area contributed by atoms with Crippen molar-refractivity contribution in [3.8, 4) is 0 Å². The summed E-state index contributed by atoms with van der Waals surface area (Å²) in [5, 5.41) is 5.65. The zero-order valence-electron chi connectivity index (χ0n) is 10.4. The molecule has 1 saturated heterocycles. The Labute approximate surface area is 110 Å². The van der Waals surface area contributed by atoms with Gasteiger partial charge in [-0.2, -0.15) is 0 Å². The minimum atomic E-state index is -0.252. The van der Waals surface area contributed by atoms with E-state index >= 15 is 0 Å². The number of carbonyl (C=O) groups is 2. The Kier molecular flexibility index (Phi) is 3.08. The minimum Gasteiger partial charge on any atom is -0.379 e. The molecule has 19 heavy (non-hydrogen) atoms. The second-order valence-electron chi connectivity index (χ2n) is 4.66. The van der Waals surface area contributed by atoms with E-state index in [0.717, 1.165) is 12.1 Å². The van der Waals surface area contributed by atoms with Crippen molar-refractivity contribution in [2.24, 2.45) is 0 Å². The lowest BCUT2D eigenvalue weighted by Gasteiger charge is -2.30. The van der Waals surface area contributed by atoms with Crippen LogP contribution in [0.4, 0.5) is 16.2 Å². The van der Waals surface area contributed by atoms with Crippen LogP contribution in [-0.2, 0) is 9.53 Å². The van der Waals surface area contributed by atoms with Crippen LogP contribution in [-0.4, -0.2) is 37.7 Å². The molecule has 1 atom stereocenters. The summed E-state index contributed by atoms with van der Waals surface area (Å²) in [5.74, 6) is -0.184. The lowest BCUT2D eigenvalue weighted by Crippen LogP contribution is -2.50. The first kappa shape index (κ1) is 12.0. The standard InChI is InChI=1S/C13H15N3O3/c17-12-7-16(11-4-2-1-3-10(11)15-12)13(18)14-9-5-6-19-8-9/h1-4,9H,5-8H2,(H,14,18)(H,15,17). The van der Waals surface area contributed by atoms with E-state index in [1.54, 1.807) is 6.07 Å². The van der Waals surface area contributed by atoms with Gasteiger partial charge < -0.3 is 15.4 Å². The predicted molar refractivity (Wildman–Crippen MR) is 70.2 cm³/mol. The van der Waals surface area contributed by atoms with Crippen molar-refractivity contribution >= 4 is 23.3 Å². The van der Waals surface area contributed by atoms with E-state index in [1.807, 2.05) is 18.2 Å². The van der Waals surface area contributed by atoms with Gasteiger partial charge in [-0.1, -0.05) is 12.1 Å². The Morgan fingerprint density at radius 2 is 2.26 bits per heavy atom. The Bertz CT molecular complexity index is 512. The number of hydrogen-bond acceptors (Lipinski definition) is 3. The number of carbonyl (C=O) groups excluding carboxylic acids is 2. The summed E-state index contributed by atoms with van der Waals surface area (Å²) in [6, 6.07) is 7.05. The molecule has 0 bridgehead atoms. The topological polar surface area (TPSA) is 70.7 Å². The number of hydrogen-bond donors (Lipinski definition) is 2. The third kappa shape index (κ3) is 2.39. The first-order chi connectivity index (χ1) is 9.24. The minimum absolute atomic E-state index is 0.0321. The lowest BCUT2D eigenvalue weighted by molar-refractivity contribution is -0.115. The van der Waals surface area contributed by atoms with Gasteiger partial charge in [-0.05, 0) is 18.6 Å². The molecule has 6 heteroatoms. The average Bonchev–Trinajstić information content (AvgIpc) is 2.90. The highest BCUT2D eigenvalue weighted by atomic mass is 16.5. The molecule has 0 radical (unpaired) electrons. The molecule has 2 heterocycles. The van der Waals surface area contributed by atoms with Crippen molar-refractivity contribution in [2.75, 3.05) is 30.0 Å². The van der Waals surface area contributed by atoms with Gasteiger partial charge >= 0.3 is 6.03 Å². The van der Waals surface area contributed by atoms with Crippen LogP contribution in [0.1, 0.15) is 6.42 Å². The SMILES string of the molecule is O=C1CN(C(=O)NC2CCOC2)c2ccccc2N1. The highest BCUT2D eigenvalue weighted by Gasteiger charge is 2.28. The van der Waals surface area contributed by atoms with Gasteiger partial charge in [-0.25, -0.2) is 4.79 Å². The number of anilines is 2. The maximum atomic E-state index is 12.2. The first-order valence-corrected chi connectivity index (χ1v) is 6.29. The van der Waals surface area contributed by atoms with Crippen LogP contribution in [0.15, 0.2) is 24.3 Å². The van der Waals surface area contributed by atoms with Crippen LogP contribution in [0.25, 0.3) is 0 Å². The van der Waals surface area contributed by atoms with Gasteiger partial charge in [0.05, 0.1) is 24.0 Å². The van der Waals surface area contributed by atoms with E-state index in [9.17, 15) is 9.59 Å². The molecule has 1 aromatic carbocycles. The van der Waals surface area contributed by atoms with Crippen molar-refractivity contribution in [3.63, 3.8) is 0 Å². The van der Waals surface area contributed by atoms with Crippen molar-refractivity contribution in [3.05, 3.63) is 24.3 Å². The summed E-state index contributed by atoms with van der Waals surface area (Å²) in [6.45, 7) is 1.24. The maximum Gasteiger partial charge on any atom is 0.322 e. The molecule has 2 aliphatic rings. The summed E-state index contributed by atoms with van der Waals surface area (Å²) in [4.78, 5) is 25.3. The Balaban J connectivity index is 1.79. The van der Waals surface area contributed by atoms with E-state index < -0.39 is 0 Å². The second-order valence-corrected chi connectivity index (χ2v) is 4.66. The van der Waals surface area contributed by atoms with Gasteiger partial charge in [-0.15, -0.1) is 0 Å². The molecule has 100 valence electrons.